The van der Waals surface area contributed by atoms with E-state index in [9.17, 15) is 9.59 Å². The second kappa shape index (κ2) is 9.35. The number of hydrogen-bond acceptors (Lipinski definition) is 5. The normalized spacial score (nSPS) is 16.1. The van der Waals surface area contributed by atoms with Crippen molar-refractivity contribution < 1.29 is 14.3 Å². The second-order valence-corrected chi connectivity index (χ2v) is 7.94. The van der Waals surface area contributed by atoms with Crippen molar-refractivity contribution in [1.29, 1.82) is 0 Å². The van der Waals surface area contributed by atoms with Crippen LogP contribution in [-0.2, 0) is 11.2 Å². The minimum Gasteiger partial charge on any atom is -0.448 e. The highest BCUT2D eigenvalue weighted by molar-refractivity contribution is 6.04. The summed E-state index contributed by atoms with van der Waals surface area (Å²) >= 11 is 0. The maximum atomic E-state index is 12.5. The van der Waals surface area contributed by atoms with Crippen molar-refractivity contribution in [2.45, 2.75) is 44.6 Å². The molecule has 1 aromatic heterocycles. The molecule has 3 aromatic rings. The highest BCUT2D eigenvalue weighted by Crippen LogP contribution is 2.38. The summed E-state index contributed by atoms with van der Waals surface area (Å²) in [6, 6.07) is 14.3. The summed E-state index contributed by atoms with van der Waals surface area (Å²) in [4.78, 5) is 24.1. The van der Waals surface area contributed by atoms with Crippen LogP contribution in [0.1, 0.15) is 48.2 Å². The Labute approximate surface area is 182 Å². The molecule has 0 unspecified atom stereocenters. The highest BCUT2D eigenvalue weighted by Gasteiger charge is 2.27. The van der Waals surface area contributed by atoms with E-state index < -0.39 is 0 Å². The lowest BCUT2D eigenvalue weighted by molar-refractivity contribution is 0.112. The van der Waals surface area contributed by atoms with Gasteiger partial charge in [-0.25, -0.2) is 9.36 Å². The van der Waals surface area contributed by atoms with Gasteiger partial charge in [0.05, 0.1) is 12.1 Å². The molecule has 1 fully saturated rings. The molecule has 1 saturated carbocycles. The van der Waals surface area contributed by atoms with Crippen molar-refractivity contribution in [3.05, 3.63) is 53.7 Å². The topological polar surface area (TPSA) is 86.4 Å². The molecule has 0 radical (unpaired) electrons. The fourth-order valence-corrected chi connectivity index (χ4v) is 4.77. The van der Waals surface area contributed by atoms with Crippen molar-refractivity contribution in [2.75, 3.05) is 19.0 Å². The quantitative estimate of drug-likeness (QED) is 0.583. The van der Waals surface area contributed by atoms with E-state index in [0.717, 1.165) is 52.5 Å². The number of aromatic nitrogens is 1. The largest absolute Gasteiger partial charge is 0.448 e. The molecule has 1 aliphatic heterocycles. The fourth-order valence-electron chi connectivity index (χ4n) is 4.77. The van der Waals surface area contributed by atoms with E-state index in [0.29, 0.717) is 24.6 Å². The molecule has 2 aromatic carbocycles. The average molecular weight is 420 g/mol. The molecule has 2 aliphatic rings. The maximum Gasteiger partial charge on any atom is 0.418 e. The predicted molar refractivity (Wildman–Crippen MR) is 124 cm³/mol. The number of fused-ring (bicyclic) bond motifs is 3. The van der Waals surface area contributed by atoms with Gasteiger partial charge >= 0.3 is 6.09 Å². The molecule has 31 heavy (non-hydrogen) atoms. The van der Waals surface area contributed by atoms with Gasteiger partial charge in [0.2, 0.25) is 0 Å². The summed E-state index contributed by atoms with van der Waals surface area (Å²) in [5.74, 6) is 0. The van der Waals surface area contributed by atoms with Crippen LogP contribution in [0, 0.1) is 0 Å². The fraction of sp³-hybridized carbons (Fsp3) is 0.360. The van der Waals surface area contributed by atoms with Gasteiger partial charge in [-0.2, -0.15) is 0 Å². The zero-order valence-electron chi connectivity index (χ0n) is 17.9. The Balaban J connectivity index is 0.00000112. The number of cyclic esters (lactones) is 1. The van der Waals surface area contributed by atoms with Crippen LogP contribution < -0.4 is 11.1 Å². The first kappa shape index (κ1) is 21.1. The number of ether oxygens (including phenoxy) is 1. The Morgan fingerprint density at radius 1 is 1.10 bits per heavy atom. The first-order valence-corrected chi connectivity index (χ1v) is 11.0. The molecule has 162 valence electrons. The van der Waals surface area contributed by atoms with E-state index in [1.165, 1.54) is 26.3 Å². The molecule has 0 bridgehead atoms. The van der Waals surface area contributed by atoms with Gasteiger partial charge in [0.25, 0.3) is 0 Å². The molecule has 0 amide bonds. The van der Waals surface area contributed by atoms with Crippen LogP contribution >= 0.6 is 0 Å². The molecule has 6 nitrogen and oxygen atoms in total. The minimum absolute atomic E-state index is 0.321. The van der Waals surface area contributed by atoms with Gasteiger partial charge in [-0.3, -0.25) is 4.79 Å². The lowest BCUT2D eigenvalue weighted by Crippen LogP contribution is -2.24. The standard InChI is InChI=1S/C24H24N2O3.CH5N/c27-15-17-11-10-16(14-20(17)25-18-6-2-1-3-7-18)23-19-8-4-5-9-21(19)26-22(23)12-13-29-24(26)28;1-2/h4-5,8-11,14-15,18,25H,1-3,6-7,12-13H2;2H2,1H3. The van der Waals surface area contributed by atoms with E-state index in [1.54, 1.807) is 4.57 Å². The molecular formula is C25H29N3O3. The van der Waals surface area contributed by atoms with Gasteiger partial charge in [0.1, 0.15) is 0 Å². The zero-order valence-corrected chi connectivity index (χ0v) is 17.9. The number of anilines is 1. The Morgan fingerprint density at radius 2 is 1.87 bits per heavy atom. The smallest absolute Gasteiger partial charge is 0.418 e. The van der Waals surface area contributed by atoms with Crippen molar-refractivity contribution in [3.8, 4) is 11.1 Å². The van der Waals surface area contributed by atoms with Gasteiger partial charge in [-0.15, -0.1) is 0 Å². The maximum absolute atomic E-state index is 12.5. The number of nitrogens with two attached hydrogens (primary N) is 1. The van der Waals surface area contributed by atoms with E-state index in [4.69, 9.17) is 4.74 Å². The van der Waals surface area contributed by atoms with Crippen LogP contribution in [0.15, 0.2) is 42.5 Å². The lowest BCUT2D eigenvalue weighted by atomic mass is 9.94. The number of para-hydroxylation sites is 1. The molecule has 0 saturated heterocycles. The molecule has 5 rings (SSSR count). The van der Waals surface area contributed by atoms with Gasteiger partial charge in [-0.1, -0.05) is 43.5 Å². The minimum atomic E-state index is -0.321. The third kappa shape index (κ3) is 3.95. The van der Waals surface area contributed by atoms with Crippen molar-refractivity contribution >= 4 is 29.0 Å². The van der Waals surface area contributed by atoms with Crippen molar-refractivity contribution in [3.63, 3.8) is 0 Å². The van der Waals surface area contributed by atoms with Crippen LogP contribution in [0.5, 0.6) is 0 Å². The summed E-state index contributed by atoms with van der Waals surface area (Å²) in [5, 5.41) is 4.64. The zero-order chi connectivity index (χ0) is 21.8. The van der Waals surface area contributed by atoms with E-state index >= 15 is 0 Å². The summed E-state index contributed by atoms with van der Waals surface area (Å²) in [7, 11) is 1.50. The summed E-state index contributed by atoms with van der Waals surface area (Å²) in [6.45, 7) is 0.391. The third-order valence-electron chi connectivity index (χ3n) is 6.15. The number of aldehydes is 1. The second-order valence-electron chi connectivity index (χ2n) is 7.94. The molecule has 6 heteroatoms. The van der Waals surface area contributed by atoms with Gasteiger partial charge in [-0.05, 0) is 43.7 Å². The molecule has 3 N–H and O–H groups in total. The van der Waals surface area contributed by atoms with Gasteiger partial charge in [0, 0.05) is 40.4 Å². The first-order chi connectivity index (χ1) is 15.3. The summed E-state index contributed by atoms with van der Waals surface area (Å²) in [6.07, 6.45) is 7.30. The van der Waals surface area contributed by atoms with Gasteiger partial charge < -0.3 is 15.8 Å². The number of nitrogens with zero attached hydrogens (tertiary/aromatic N) is 1. The van der Waals surface area contributed by atoms with Crippen LogP contribution in [-0.4, -0.2) is 36.6 Å². The van der Waals surface area contributed by atoms with Crippen LogP contribution in [0.4, 0.5) is 10.5 Å². The molecular weight excluding hydrogens is 390 g/mol. The number of rotatable bonds is 4. The number of benzene rings is 2. The Morgan fingerprint density at radius 3 is 2.65 bits per heavy atom. The predicted octanol–water partition coefficient (Wildman–Crippen LogP) is 4.98. The van der Waals surface area contributed by atoms with Crippen LogP contribution in [0.3, 0.4) is 0 Å². The number of hydrogen-bond donors (Lipinski definition) is 2. The van der Waals surface area contributed by atoms with Crippen LogP contribution in [0.2, 0.25) is 0 Å². The van der Waals surface area contributed by atoms with E-state index in [-0.39, 0.29) is 6.09 Å². The molecule has 0 atom stereocenters. The summed E-state index contributed by atoms with van der Waals surface area (Å²) < 4.78 is 6.98. The summed E-state index contributed by atoms with van der Waals surface area (Å²) in [5.41, 5.74) is 9.98. The first-order valence-electron chi connectivity index (χ1n) is 11.0. The Hall–Kier alpha value is -3.12. The molecule has 2 heterocycles. The van der Waals surface area contributed by atoms with E-state index in [1.807, 2.05) is 36.4 Å². The third-order valence-corrected chi connectivity index (χ3v) is 6.15. The Bertz CT molecular complexity index is 1100. The number of carbonyl (C=O) groups excluding carboxylic acids is 2. The molecule has 0 spiro atoms. The Kier molecular flexibility index (Phi) is 6.37. The van der Waals surface area contributed by atoms with Crippen molar-refractivity contribution in [1.82, 2.24) is 4.57 Å². The molecule has 1 aliphatic carbocycles. The monoisotopic (exact) mass is 419 g/mol. The average Bonchev–Trinajstić information content (AvgIpc) is 3.16. The number of carbonyl (C=O) groups is 2. The highest BCUT2D eigenvalue weighted by atomic mass is 16.6. The van der Waals surface area contributed by atoms with Crippen LogP contribution in [0.25, 0.3) is 22.0 Å². The lowest BCUT2D eigenvalue weighted by Gasteiger charge is -2.25. The SMILES string of the molecule is CN.O=Cc1ccc(-c2c3n(c4ccccc24)C(=O)OCC3)cc1NC1CCCCC1. The van der Waals surface area contributed by atoms with Crippen molar-refractivity contribution in [2.24, 2.45) is 5.73 Å². The van der Waals surface area contributed by atoms with Gasteiger partial charge in [0.15, 0.2) is 6.29 Å². The van der Waals surface area contributed by atoms with E-state index in [2.05, 4.69) is 17.1 Å². The number of nitrogens with one attached hydrogen (secondary N) is 1.